The number of nitrogens with zero attached hydrogens (tertiary/aromatic N) is 1. The summed E-state index contributed by atoms with van der Waals surface area (Å²) in [7, 11) is -0.778. The van der Waals surface area contributed by atoms with Gasteiger partial charge in [0.05, 0.1) is 26.5 Å². The van der Waals surface area contributed by atoms with Crippen molar-refractivity contribution in [3.05, 3.63) is 36.2 Å². The molecule has 0 aliphatic rings. The Bertz CT molecular complexity index is 668. The summed E-state index contributed by atoms with van der Waals surface area (Å²) >= 11 is 0. The minimum Gasteiger partial charge on any atom is -0.497 e. The molecule has 0 saturated heterocycles. The molecule has 0 radical (unpaired) electrons. The van der Waals surface area contributed by atoms with Crippen LogP contribution in [-0.4, -0.2) is 32.8 Å². The average Bonchev–Trinajstić information content (AvgIpc) is 2.97. The number of ether oxygens (including phenoxy) is 2. The van der Waals surface area contributed by atoms with Crippen LogP contribution in [0.1, 0.15) is 5.69 Å². The summed E-state index contributed by atoms with van der Waals surface area (Å²) < 4.78 is 37.1. The van der Waals surface area contributed by atoms with Crippen LogP contribution < -0.4 is 14.2 Å². The second-order valence-electron chi connectivity index (χ2n) is 3.92. The Morgan fingerprint density at radius 2 is 2.05 bits per heavy atom. The maximum absolute atomic E-state index is 12.2. The Hall–Kier alpha value is -2.06. The molecule has 1 heterocycles. The van der Waals surface area contributed by atoms with Crippen LogP contribution in [0.4, 0.5) is 0 Å². The van der Waals surface area contributed by atoms with Crippen molar-refractivity contribution in [2.45, 2.75) is 11.4 Å². The van der Waals surface area contributed by atoms with Gasteiger partial charge in [-0.05, 0) is 18.2 Å². The number of benzene rings is 1. The molecule has 0 bridgehead atoms. The van der Waals surface area contributed by atoms with E-state index in [2.05, 4.69) is 14.9 Å². The standard InChI is InChI=1S/C12H15N3O4S/c1-18-10-3-4-12(11(7-10)19-2)20(16,17)14-8-9-5-6-13-15-9/h3-7,14H,8H2,1-2H3,(H,13,15). The van der Waals surface area contributed by atoms with Crippen LogP contribution in [0.3, 0.4) is 0 Å². The summed E-state index contributed by atoms with van der Waals surface area (Å²) in [5.41, 5.74) is 0.668. The summed E-state index contributed by atoms with van der Waals surface area (Å²) in [4.78, 5) is 0.0558. The third kappa shape index (κ3) is 3.09. The molecule has 0 aliphatic carbocycles. The molecule has 1 aromatic heterocycles. The second kappa shape index (κ2) is 5.93. The van der Waals surface area contributed by atoms with Gasteiger partial charge in [-0.3, -0.25) is 5.10 Å². The highest BCUT2D eigenvalue weighted by molar-refractivity contribution is 7.89. The molecule has 8 heteroatoms. The Balaban J connectivity index is 2.24. The number of methoxy groups -OCH3 is 2. The van der Waals surface area contributed by atoms with E-state index in [4.69, 9.17) is 9.47 Å². The van der Waals surface area contributed by atoms with E-state index >= 15 is 0 Å². The molecular weight excluding hydrogens is 282 g/mol. The van der Waals surface area contributed by atoms with Crippen molar-refractivity contribution in [2.24, 2.45) is 0 Å². The highest BCUT2D eigenvalue weighted by Crippen LogP contribution is 2.28. The van der Waals surface area contributed by atoms with E-state index in [9.17, 15) is 8.42 Å². The van der Waals surface area contributed by atoms with Crippen molar-refractivity contribution < 1.29 is 17.9 Å². The van der Waals surface area contributed by atoms with Crippen LogP contribution in [0.25, 0.3) is 0 Å². The lowest BCUT2D eigenvalue weighted by molar-refractivity contribution is 0.386. The predicted molar refractivity (Wildman–Crippen MR) is 72.2 cm³/mol. The van der Waals surface area contributed by atoms with Crippen LogP contribution in [-0.2, 0) is 16.6 Å². The Labute approximate surface area is 117 Å². The third-order valence-corrected chi connectivity index (χ3v) is 4.11. The predicted octanol–water partition coefficient (Wildman–Crippen LogP) is 0.905. The van der Waals surface area contributed by atoms with Gasteiger partial charge in [-0.25, -0.2) is 13.1 Å². The fourth-order valence-electron chi connectivity index (χ4n) is 1.63. The molecule has 2 aromatic rings. The second-order valence-corrected chi connectivity index (χ2v) is 5.66. The van der Waals surface area contributed by atoms with Crippen LogP contribution >= 0.6 is 0 Å². The maximum Gasteiger partial charge on any atom is 0.244 e. The van der Waals surface area contributed by atoms with Crippen LogP contribution in [0.5, 0.6) is 11.5 Å². The summed E-state index contributed by atoms with van der Waals surface area (Å²) in [6, 6.07) is 6.21. The topological polar surface area (TPSA) is 93.3 Å². The van der Waals surface area contributed by atoms with Crippen LogP contribution in [0.15, 0.2) is 35.4 Å². The number of aromatic nitrogens is 2. The van der Waals surface area contributed by atoms with Gasteiger partial charge in [0.15, 0.2) is 0 Å². The monoisotopic (exact) mass is 297 g/mol. The molecular formula is C12H15N3O4S. The van der Waals surface area contributed by atoms with Gasteiger partial charge < -0.3 is 9.47 Å². The normalized spacial score (nSPS) is 11.3. The molecule has 0 aliphatic heterocycles. The fourth-order valence-corrected chi connectivity index (χ4v) is 2.79. The molecule has 0 saturated carbocycles. The summed E-state index contributed by atoms with van der Waals surface area (Å²) in [5.74, 6) is 0.746. The zero-order chi connectivity index (χ0) is 14.6. The first-order valence-corrected chi connectivity index (χ1v) is 7.25. The van der Waals surface area contributed by atoms with Gasteiger partial charge in [0.1, 0.15) is 16.4 Å². The number of hydrogen-bond donors (Lipinski definition) is 2. The van der Waals surface area contributed by atoms with Gasteiger partial charge in [0, 0.05) is 12.3 Å². The van der Waals surface area contributed by atoms with Gasteiger partial charge >= 0.3 is 0 Å². The average molecular weight is 297 g/mol. The van der Waals surface area contributed by atoms with Crippen molar-refractivity contribution >= 4 is 10.0 Å². The van der Waals surface area contributed by atoms with E-state index in [1.165, 1.54) is 26.4 Å². The van der Waals surface area contributed by atoms with Crippen molar-refractivity contribution in [2.75, 3.05) is 14.2 Å². The molecule has 0 unspecified atom stereocenters. The smallest absolute Gasteiger partial charge is 0.244 e. The molecule has 1 aromatic carbocycles. The number of hydrogen-bond acceptors (Lipinski definition) is 5. The Morgan fingerprint density at radius 1 is 1.25 bits per heavy atom. The van der Waals surface area contributed by atoms with Gasteiger partial charge in [-0.2, -0.15) is 5.10 Å². The molecule has 0 atom stereocenters. The SMILES string of the molecule is COc1ccc(S(=O)(=O)NCc2ccn[nH]2)c(OC)c1. The van der Waals surface area contributed by atoms with Crippen molar-refractivity contribution in [1.29, 1.82) is 0 Å². The fraction of sp³-hybridized carbons (Fsp3) is 0.250. The zero-order valence-corrected chi connectivity index (χ0v) is 11.9. The lowest BCUT2D eigenvalue weighted by Gasteiger charge is -2.11. The van der Waals surface area contributed by atoms with E-state index in [0.29, 0.717) is 11.4 Å². The molecule has 108 valence electrons. The number of H-pyrrole nitrogens is 1. The molecule has 0 amide bonds. The number of aromatic amines is 1. The first kappa shape index (κ1) is 14.4. The van der Waals surface area contributed by atoms with Crippen LogP contribution in [0.2, 0.25) is 0 Å². The molecule has 2 N–H and O–H groups in total. The molecule has 0 spiro atoms. The number of rotatable bonds is 6. The largest absolute Gasteiger partial charge is 0.497 e. The third-order valence-electron chi connectivity index (χ3n) is 2.67. The molecule has 7 nitrogen and oxygen atoms in total. The summed E-state index contributed by atoms with van der Waals surface area (Å²) in [5, 5.41) is 6.43. The Morgan fingerprint density at radius 3 is 2.65 bits per heavy atom. The highest BCUT2D eigenvalue weighted by atomic mass is 32.2. The minimum absolute atomic E-state index is 0.0558. The van der Waals surface area contributed by atoms with E-state index < -0.39 is 10.0 Å². The lowest BCUT2D eigenvalue weighted by Crippen LogP contribution is -2.24. The van der Waals surface area contributed by atoms with Crippen molar-refractivity contribution in [3.8, 4) is 11.5 Å². The molecule has 0 fully saturated rings. The van der Waals surface area contributed by atoms with E-state index in [0.717, 1.165) is 0 Å². The number of sulfonamides is 1. The summed E-state index contributed by atoms with van der Waals surface area (Å²) in [6.07, 6.45) is 1.55. The summed E-state index contributed by atoms with van der Waals surface area (Å²) in [6.45, 7) is 0.123. The molecule has 2 rings (SSSR count). The quantitative estimate of drug-likeness (QED) is 0.826. The number of nitrogens with one attached hydrogen (secondary N) is 2. The van der Waals surface area contributed by atoms with E-state index in [1.54, 1.807) is 18.3 Å². The highest BCUT2D eigenvalue weighted by Gasteiger charge is 2.20. The van der Waals surface area contributed by atoms with Gasteiger partial charge in [0.25, 0.3) is 0 Å². The van der Waals surface area contributed by atoms with E-state index in [-0.39, 0.29) is 17.2 Å². The molecule has 20 heavy (non-hydrogen) atoms. The first-order valence-electron chi connectivity index (χ1n) is 5.77. The van der Waals surface area contributed by atoms with Gasteiger partial charge in [-0.15, -0.1) is 0 Å². The van der Waals surface area contributed by atoms with Crippen molar-refractivity contribution in [3.63, 3.8) is 0 Å². The lowest BCUT2D eigenvalue weighted by atomic mass is 10.3. The first-order chi connectivity index (χ1) is 9.56. The van der Waals surface area contributed by atoms with Crippen molar-refractivity contribution in [1.82, 2.24) is 14.9 Å². The maximum atomic E-state index is 12.2. The van der Waals surface area contributed by atoms with Gasteiger partial charge in [0.2, 0.25) is 10.0 Å². The van der Waals surface area contributed by atoms with E-state index in [1.807, 2.05) is 0 Å². The Kier molecular flexibility index (Phi) is 4.26. The minimum atomic E-state index is -3.68. The zero-order valence-electron chi connectivity index (χ0n) is 11.1. The van der Waals surface area contributed by atoms with Gasteiger partial charge in [-0.1, -0.05) is 0 Å². The van der Waals surface area contributed by atoms with Crippen LogP contribution in [0, 0.1) is 0 Å².